The molecule has 0 spiro atoms. The molecule has 0 saturated heterocycles. The summed E-state index contributed by atoms with van der Waals surface area (Å²) in [6, 6.07) is 6.13. The number of nitrogens with two attached hydrogens (primary N) is 1. The Bertz CT molecular complexity index is 558. The predicted octanol–water partition coefficient (Wildman–Crippen LogP) is 3.17. The molecule has 1 atom stereocenters. The summed E-state index contributed by atoms with van der Waals surface area (Å²) < 4.78 is 31.5. The van der Waals surface area contributed by atoms with Crippen molar-refractivity contribution < 1.29 is 13.5 Å². The van der Waals surface area contributed by atoms with Gasteiger partial charge in [0.05, 0.1) is 0 Å². The Morgan fingerprint density at radius 3 is 2.72 bits per heavy atom. The van der Waals surface area contributed by atoms with Gasteiger partial charge in [0.2, 0.25) is 5.88 Å². The molecule has 0 fully saturated rings. The number of ether oxygens (including phenoxy) is 1. The molecule has 0 radical (unpaired) electrons. The number of nitrogens with zero attached hydrogens (tertiary/aromatic N) is 1. The van der Waals surface area contributed by atoms with Crippen molar-refractivity contribution >= 4 is 0 Å². The fourth-order valence-electron chi connectivity index (χ4n) is 1.43. The van der Waals surface area contributed by atoms with Gasteiger partial charge in [-0.3, -0.25) is 0 Å². The van der Waals surface area contributed by atoms with E-state index in [4.69, 9.17) is 10.5 Å². The third-order valence-electron chi connectivity index (χ3n) is 2.39. The fraction of sp³-hybridized carbons (Fsp3) is 0.154. The third-order valence-corrected chi connectivity index (χ3v) is 2.39. The Morgan fingerprint density at radius 1 is 1.22 bits per heavy atom. The lowest BCUT2D eigenvalue weighted by Gasteiger charge is -2.09. The molecule has 0 unspecified atom stereocenters. The van der Waals surface area contributed by atoms with E-state index in [0.717, 1.165) is 23.8 Å². The molecule has 0 saturated carbocycles. The van der Waals surface area contributed by atoms with Crippen LogP contribution < -0.4 is 10.5 Å². The first-order valence-electron chi connectivity index (χ1n) is 5.40. The van der Waals surface area contributed by atoms with Crippen LogP contribution in [0, 0.1) is 11.6 Å². The van der Waals surface area contributed by atoms with E-state index in [9.17, 15) is 8.78 Å². The van der Waals surface area contributed by atoms with Crippen LogP contribution in [-0.2, 0) is 0 Å². The molecule has 94 valence electrons. The highest BCUT2D eigenvalue weighted by molar-refractivity contribution is 5.31. The van der Waals surface area contributed by atoms with Crippen LogP contribution in [0.4, 0.5) is 8.78 Å². The lowest BCUT2D eigenvalue weighted by molar-refractivity contribution is 0.421. The van der Waals surface area contributed by atoms with Crippen molar-refractivity contribution in [2.24, 2.45) is 5.73 Å². The minimum atomic E-state index is -0.649. The van der Waals surface area contributed by atoms with Crippen molar-refractivity contribution in [3.63, 3.8) is 0 Å². The largest absolute Gasteiger partial charge is 0.436 e. The average molecular weight is 250 g/mol. The van der Waals surface area contributed by atoms with E-state index >= 15 is 0 Å². The van der Waals surface area contributed by atoms with Crippen LogP contribution in [0.25, 0.3) is 0 Å². The second-order valence-electron chi connectivity index (χ2n) is 3.89. The Labute approximate surface area is 103 Å². The van der Waals surface area contributed by atoms with Crippen LogP contribution in [0.15, 0.2) is 36.5 Å². The second kappa shape index (κ2) is 5.10. The van der Waals surface area contributed by atoms with Gasteiger partial charge in [0.1, 0.15) is 5.82 Å². The third kappa shape index (κ3) is 2.81. The summed E-state index contributed by atoms with van der Waals surface area (Å²) in [5.74, 6) is -1.25. The van der Waals surface area contributed by atoms with Crippen LogP contribution >= 0.6 is 0 Å². The summed E-state index contributed by atoms with van der Waals surface area (Å²) >= 11 is 0. The topological polar surface area (TPSA) is 48.1 Å². The van der Waals surface area contributed by atoms with Crippen LogP contribution in [0.5, 0.6) is 11.6 Å². The maximum Gasteiger partial charge on any atom is 0.219 e. The van der Waals surface area contributed by atoms with Crippen molar-refractivity contribution in [2.45, 2.75) is 13.0 Å². The van der Waals surface area contributed by atoms with Gasteiger partial charge in [0.25, 0.3) is 0 Å². The van der Waals surface area contributed by atoms with Gasteiger partial charge in [-0.05, 0) is 30.7 Å². The van der Waals surface area contributed by atoms with Crippen molar-refractivity contribution in [3.8, 4) is 11.6 Å². The number of hydrogen-bond donors (Lipinski definition) is 1. The van der Waals surface area contributed by atoms with Crippen molar-refractivity contribution in [1.82, 2.24) is 4.98 Å². The van der Waals surface area contributed by atoms with E-state index in [1.807, 2.05) is 6.92 Å². The van der Waals surface area contributed by atoms with Crippen LogP contribution in [0.3, 0.4) is 0 Å². The molecular formula is C13H12F2N2O. The van der Waals surface area contributed by atoms with E-state index in [1.54, 1.807) is 12.1 Å². The Balaban J connectivity index is 2.28. The number of halogens is 2. The number of rotatable bonds is 3. The first kappa shape index (κ1) is 12.4. The molecule has 0 amide bonds. The monoisotopic (exact) mass is 250 g/mol. The zero-order chi connectivity index (χ0) is 13.1. The Kier molecular flexibility index (Phi) is 3.53. The van der Waals surface area contributed by atoms with Gasteiger partial charge < -0.3 is 10.5 Å². The summed E-state index contributed by atoms with van der Waals surface area (Å²) in [6.07, 6.45) is 1.51. The van der Waals surface area contributed by atoms with Crippen LogP contribution in [0.1, 0.15) is 18.5 Å². The minimum Gasteiger partial charge on any atom is -0.436 e. The molecule has 1 heterocycles. The van der Waals surface area contributed by atoms with Crippen molar-refractivity contribution in [3.05, 3.63) is 53.7 Å². The highest BCUT2D eigenvalue weighted by Gasteiger charge is 2.08. The van der Waals surface area contributed by atoms with Gasteiger partial charge >= 0.3 is 0 Å². The molecule has 2 aromatic rings. The molecule has 2 N–H and O–H groups in total. The number of hydrogen-bond acceptors (Lipinski definition) is 3. The van der Waals surface area contributed by atoms with Crippen LogP contribution in [0.2, 0.25) is 0 Å². The van der Waals surface area contributed by atoms with E-state index in [2.05, 4.69) is 4.98 Å². The van der Waals surface area contributed by atoms with Crippen LogP contribution in [-0.4, -0.2) is 4.98 Å². The first-order valence-corrected chi connectivity index (χ1v) is 5.40. The van der Waals surface area contributed by atoms with E-state index in [-0.39, 0.29) is 17.7 Å². The minimum absolute atomic E-state index is 0.175. The lowest BCUT2D eigenvalue weighted by atomic mass is 10.1. The molecule has 2 rings (SSSR count). The first-order chi connectivity index (χ1) is 8.56. The maximum atomic E-state index is 13.4. The van der Waals surface area contributed by atoms with Gasteiger partial charge in [0.15, 0.2) is 11.6 Å². The molecule has 1 aromatic heterocycles. The number of benzene rings is 1. The highest BCUT2D eigenvalue weighted by Crippen LogP contribution is 2.25. The van der Waals surface area contributed by atoms with E-state index in [1.165, 1.54) is 6.20 Å². The predicted molar refractivity (Wildman–Crippen MR) is 63.3 cm³/mol. The van der Waals surface area contributed by atoms with E-state index < -0.39 is 11.6 Å². The summed E-state index contributed by atoms with van der Waals surface area (Å²) in [6.45, 7) is 1.81. The molecule has 0 aliphatic heterocycles. The quantitative estimate of drug-likeness (QED) is 0.910. The van der Waals surface area contributed by atoms with Gasteiger partial charge in [-0.1, -0.05) is 0 Å². The molecule has 18 heavy (non-hydrogen) atoms. The molecule has 1 aromatic carbocycles. The SMILES string of the molecule is C[C@H](N)c1ccnc(Oc2cc(F)ccc2F)c1. The van der Waals surface area contributed by atoms with Gasteiger partial charge in [0, 0.05) is 24.4 Å². The van der Waals surface area contributed by atoms with Crippen molar-refractivity contribution in [1.29, 1.82) is 0 Å². The average Bonchev–Trinajstić information content (AvgIpc) is 2.34. The zero-order valence-corrected chi connectivity index (χ0v) is 9.73. The van der Waals surface area contributed by atoms with E-state index in [0.29, 0.717) is 0 Å². The highest BCUT2D eigenvalue weighted by atomic mass is 19.1. The Hall–Kier alpha value is -2.01. The normalized spacial score (nSPS) is 12.2. The molecule has 0 aliphatic carbocycles. The number of pyridine rings is 1. The summed E-state index contributed by atoms with van der Waals surface area (Å²) in [5.41, 5.74) is 6.52. The standard InChI is InChI=1S/C13H12F2N2O/c1-8(16)9-4-5-17-13(6-9)18-12-7-10(14)2-3-11(12)15/h2-8H,16H2,1H3/t8-/m0/s1. The van der Waals surface area contributed by atoms with Gasteiger partial charge in [-0.25, -0.2) is 13.8 Å². The second-order valence-corrected chi connectivity index (χ2v) is 3.89. The van der Waals surface area contributed by atoms with Gasteiger partial charge in [-0.15, -0.1) is 0 Å². The number of aromatic nitrogens is 1. The Morgan fingerprint density at radius 2 is 2.00 bits per heavy atom. The molecule has 0 bridgehead atoms. The van der Waals surface area contributed by atoms with Crippen molar-refractivity contribution in [2.75, 3.05) is 0 Å². The summed E-state index contributed by atoms with van der Waals surface area (Å²) in [7, 11) is 0. The maximum absolute atomic E-state index is 13.4. The molecule has 3 nitrogen and oxygen atoms in total. The summed E-state index contributed by atoms with van der Waals surface area (Å²) in [4.78, 5) is 3.92. The summed E-state index contributed by atoms with van der Waals surface area (Å²) in [5, 5.41) is 0. The van der Waals surface area contributed by atoms with Gasteiger partial charge in [-0.2, -0.15) is 0 Å². The molecular weight excluding hydrogens is 238 g/mol. The zero-order valence-electron chi connectivity index (χ0n) is 9.73. The molecule has 5 heteroatoms. The smallest absolute Gasteiger partial charge is 0.219 e. The lowest BCUT2D eigenvalue weighted by Crippen LogP contribution is -2.05. The fourth-order valence-corrected chi connectivity index (χ4v) is 1.43. The molecule has 0 aliphatic rings.